The molecule has 0 heterocycles. The molecule has 0 radical (unpaired) electrons. The highest BCUT2D eigenvalue weighted by Crippen LogP contribution is 2.23. The number of nitrogens with one attached hydrogen (secondary N) is 1. The van der Waals surface area contributed by atoms with Crippen LogP contribution < -0.4 is 19.1 Å². The summed E-state index contributed by atoms with van der Waals surface area (Å²) in [4.78, 5) is 28.0. The van der Waals surface area contributed by atoms with Crippen LogP contribution >= 0.6 is 0 Å². The standard InChI is InChI=1S/C27H39N3O6S/c1-7-25(27(32)28-20(2)3)29(19-21-10-8-11-24(18-21)36-5)26(31)12-9-17-30(37(6,33)34)22-13-15-23(35-4)16-14-22/h8,10-11,13-16,18,20,25H,7,9,12,17,19H2,1-6H3,(H,28,32)/t25-/m1/s1. The van der Waals surface area contributed by atoms with Crippen molar-refractivity contribution in [3.8, 4) is 11.5 Å². The number of methoxy groups -OCH3 is 2. The third kappa shape index (κ3) is 8.96. The van der Waals surface area contributed by atoms with E-state index in [0.717, 1.165) is 11.8 Å². The molecule has 0 bridgehead atoms. The minimum absolute atomic E-state index is 0.0665. The van der Waals surface area contributed by atoms with Gasteiger partial charge in [-0.05, 0) is 68.7 Å². The van der Waals surface area contributed by atoms with Crippen molar-refractivity contribution >= 4 is 27.5 Å². The zero-order chi connectivity index (χ0) is 27.6. The molecule has 0 aliphatic heterocycles. The van der Waals surface area contributed by atoms with Crippen LogP contribution in [0.3, 0.4) is 0 Å². The molecule has 1 atom stereocenters. The maximum atomic E-state index is 13.5. The van der Waals surface area contributed by atoms with Crippen LogP contribution in [0.25, 0.3) is 0 Å². The third-order valence-corrected chi connectivity index (χ3v) is 7.01. The molecule has 0 aromatic heterocycles. The SMILES string of the molecule is CC[C@H](C(=O)NC(C)C)N(Cc1cccc(OC)c1)C(=O)CCCN(c1ccc(OC)cc1)S(C)(=O)=O. The van der Waals surface area contributed by atoms with Crippen molar-refractivity contribution in [3.05, 3.63) is 54.1 Å². The number of nitrogens with zero attached hydrogens (tertiary/aromatic N) is 2. The van der Waals surface area contributed by atoms with E-state index < -0.39 is 16.1 Å². The predicted octanol–water partition coefficient (Wildman–Crippen LogP) is 3.58. The van der Waals surface area contributed by atoms with E-state index in [1.54, 1.807) is 36.3 Å². The first-order valence-corrected chi connectivity index (χ1v) is 14.2. The smallest absolute Gasteiger partial charge is 0.243 e. The van der Waals surface area contributed by atoms with Gasteiger partial charge in [0.25, 0.3) is 0 Å². The zero-order valence-electron chi connectivity index (χ0n) is 22.6. The Balaban J connectivity index is 2.23. The van der Waals surface area contributed by atoms with Gasteiger partial charge in [0.05, 0.1) is 26.2 Å². The summed E-state index contributed by atoms with van der Waals surface area (Å²) in [7, 11) is -0.459. The van der Waals surface area contributed by atoms with E-state index in [1.165, 1.54) is 11.4 Å². The largest absolute Gasteiger partial charge is 0.497 e. The summed E-state index contributed by atoms with van der Waals surface area (Å²) in [5.74, 6) is 0.834. The lowest BCUT2D eigenvalue weighted by molar-refractivity contribution is -0.141. The average molecular weight is 534 g/mol. The molecule has 10 heteroatoms. The molecular formula is C27H39N3O6S. The number of carbonyl (C=O) groups excluding carboxylic acids is 2. The van der Waals surface area contributed by atoms with Gasteiger partial charge in [0.2, 0.25) is 21.8 Å². The van der Waals surface area contributed by atoms with Gasteiger partial charge in [-0.1, -0.05) is 19.1 Å². The Morgan fingerprint density at radius 3 is 2.19 bits per heavy atom. The normalized spacial score (nSPS) is 12.1. The van der Waals surface area contributed by atoms with E-state index in [9.17, 15) is 18.0 Å². The summed E-state index contributed by atoms with van der Waals surface area (Å²) in [6.45, 7) is 5.97. The maximum Gasteiger partial charge on any atom is 0.243 e. The molecule has 1 N–H and O–H groups in total. The van der Waals surface area contributed by atoms with Crippen LogP contribution in [0.2, 0.25) is 0 Å². The van der Waals surface area contributed by atoms with Gasteiger partial charge < -0.3 is 19.7 Å². The Hall–Kier alpha value is -3.27. The van der Waals surface area contributed by atoms with Crippen molar-refractivity contribution in [3.63, 3.8) is 0 Å². The van der Waals surface area contributed by atoms with Gasteiger partial charge in [-0.3, -0.25) is 13.9 Å². The second kappa shape index (κ2) is 13.9. The molecule has 0 unspecified atom stereocenters. The molecule has 2 rings (SSSR count). The number of hydrogen-bond donors (Lipinski definition) is 1. The van der Waals surface area contributed by atoms with Crippen LogP contribution in [0.4, 0.5) is 5.69 Å². The highest BCUT2D eigenvalue weighted by Gasteiger charge is 2.29. The Labute approximate surface area is 220 Å². The fourth-order valence-corrected chi connectivity index (χ4v) is 4.99. The van der Waals surface area contributed by atoms with Gasteiger partial charge in [0.15, 0.2) is 0 Å². The van der Waals surface area contributed by atoms with Gasteiger partial charge in [-0.15, -0.1) is 0 Å². The number of ether oxygens (including phenoxy) is 2. The molecule has 204 valence electrons. The van der Waals surface area contributed by atoms with Gasteiger partial charge in [-0.2, -0.15) is 0 Å². The van der Waals surface area contributed by atoms with Crippen LogP contribution in [-0.4, -0.2) is 64.2 Å². The fraction of sp³-hybridized carbons (Fsp3) is 0.481. The van der Waals surface area contributed by atoms with Crippen molar-refractivity contribution in [2.75, 3.05) is 31.3 Å². The number of hydrogen-bond acceptors (Lipinski definition) is 6. The van der Waals surface area contributed by atoms with Crippen molar-refractivity contribution in [1.29, 1.82) is 0 Å². The summed E-state index contributed by atoms with van der Waals surface area (Å²) < 4.78 is 36.7. The first-order valence-electron chi connectivity index (χ1n) is 12.3. The first kappa shape index (κ1) is 30.0. The third-order valence-electron chi connectivity index (χ3n) is 5.82. The minimum atomic E-state index is -3.57. The van der Waals surface area contributed by atoms with Crippen LogP contribution in [0.1, 0.15) is 45.6 Å². The second-order valence-electron chi connectivity index (χ2n) is 9.10. The van der Waals surface area contributed by atoms with Crippen molar-refractivity contribution in [2.24, 2.45) is 0 Å². The molecule has 0 saturated heterocycles. The number of rotatable bonds is 14. The van der Waals surface area contributed by atoms with Gasteiger partial charge in [-0.25, -0.2) is 8.42 Å². The van der Waals surface area contributed by atoms with E-state index in [4.69, 9.17) is 9.47 Å². The van der Waals surface area contributed by atoms with Crippen molar-refractivity contribution < 1.29 is 27.5 Å². The topological polar surface area (TPSA) is 105 Å². The zero-order valence-corrected chi connectivity index (χ0v) is 23.4. The van der Waals surface area contributed by atoms with E-state index in [-0.39, 0.29) is 43.8 Å². The van der Waals surface area contributed by atoms with E-state index in [1.807, 2.05) is 45.0 Å². The molecule has 0 aliphatic carbocycles. The van der Waals surface area contributed by atoms with Crippen LogP contribution in [0.15, 0.2) is 48.5 Å². The summed E-state index contributed by atoms with van der Waals surface area (Å²) in [6.07, 6.45) is 1.94. The van der Waals surface area contributed by atoms with Gasteiger partial charge in [0.1, 0.15) is 17.5 Å². The van der Waals surface area contributed by atoms with Crippen molar-refractivity contribution in [1.82, 2.24) is 10.2 Å². The van der Waals surface area contributed by atoms with E-state index in [0.29, 0.717) is 23.6 Å². The van der Waals surface area contributed by atoms with E-state index in [2.05, 4.69) is 5.32 Å². The monoisotopic (exact) mass is 533 g/mol. The number of amides is 2. The van der Waals surface area contributed by atoms with Crippen LogP contribution in [0, 0.1) is 0 Å². The van der Waals surface area contributed by atoms with E-state index >= 15 is 0 Å². The van der Waals surface area contributed by atoms with Crippen LogP contribution in [0.5, 0.6) is 11.5 Å². The first-order chi connectivity index (χ1) is 17.5. The molecule has 0 fully saturated rings. The highest BCUT2D eigenvalue weighted by molar-refractivity contribution is 7.92. The number of carbonyl (C=O) groups is 2. The molecule has 2 aromatic rings. The quantitative estimate of drug-likeness (QED) is 0.398. The highest BCUT2D eigenvalue weighted by atomic mass is 32.2. The Morgan fingerprint density at radius 2 is 1.65 bits per heavy atom. The fourth-order valence-electron chi connectivity index (χ4n) is 4.02. The summed E-state index contributed by atoms with van der Waals surface area (Å²) >= 11 is 0. The lowest BCUT2D eigenvalue weighted by Crippen LogP contribution is -2.50. The minimum Gasteiger partial charge on any atom is -0.497 e. The predicted molar refractivity (Wildman–Crippen MR) is 145 cm³/mol. The lowest BCUT2D eigenvalue weighted by Gasteiger charge is -2.31. The molecule has 37 heavy (non-hydrogen) atoms. The molecule has 0 saturated carbocycles. The molecule has 2 aromatic carbocycles. The molecule has 0 aliphatic rings. The van der Waals surface area contributed by atoms with Gasteiger partial charge in [0, 0.05) is 25.6 Å². The van der Waals surface area contributed by atoms with Gasteiger partial charge >= 0.3 is 0 Å². The molecular weight excluding hydrogens is 494 g/mol. The number of anilines is 1. The second-order valence-corrected chi connectivity index (χ2v) is 11.0. The maximum absolute atomic E-state index is 13.5. The number of sulfonamides is 1. The summed E-state index contributed by atoms with van der Waals surface area (Å²) in [6, 6.07) is 13.4. The Kier molecular flexibility index (Phi) is 11.2. The molecule has 0 spiro atoms. The average Bonchev–Trinajstić information content (AvgIpc) is 2.85. The number of benzene rings is 2. The molecule has 2 amide bonds. The van der Waals surface area contributed by atoms with Crippen LogP contribution in [-0.2, 0) is 26.2 Å². The Bertz CT molecular complexity index is 1140. The summed E-state index contributed by atoms with van der Waals surface area (Å²) in [5.41, 5.74) is 1.33. The van der Waals surface area contributed by atoms with Crippen molar-refractivity contribution in [2.45, 2.75) is 58.7 Å². The summed E-state index contributed by atoms with van der Waals surface area (Å²) in [5, 5.41) is 2.91. The Morgan fingerprint density at radius 1 is 1.00 bits per heavy atom. The molecule has 9 nitrogen and oxygen atoms in total. The lowest BCUT2D eigenvalue weighted by atomic mass is 10.1.